The van der Waals surface area contributed by atoms with Crippen LogP contribution in [-0.2, 0) is 21.2 Å². The summed E-state index contributed by atoms with van der Waals surface area (Å²) in [5, 5.41) is 9.92. The van der Waals surface area contributed by atoms with Crippen LogP contribution < -0.4 is 9.46 Å². The van der Waals surface area contributed by atoms with Crippen molar-refractivity contribution >= 4 is 33.6 Å². The number of nitrogens with zero attached hydrogens (tertiary/aromatic N) is 1. The molecule has 2 aromatic rings. The number of hydrogen-bond donors (Lipinski definition) is 2. The number of amides is 2. The van der Waals surface area contributed by atoms with Crippen molar-refractivity contribution in [2.24, 2.45) is 0 Å². The van der Waals surface area contributed by atoms with Gasteiger partial charge in [0, 0.05) is 17.1 Å². The minimum atomic E-state index is -5.89. The maximum atomic E-state index is 12.4. The predicted octanol–water partition coefficient (Wildman–Crippen LogP) is 3.31. The molecule has 0 radical (unpaired) electrons. The summed E-state index contributed by atoms with van der Waals surface area (Å²) in [7, 11) is -5.89. The lowest BCUT2D eigenvalue weighted by Crippen LogP contribution is -2.42. The van der Waals surface area contributed by atoms with Gasteiger partial charge in [-0.3, -0.25) is 9.69 Å². The Morgan fingerprint density at radius 1 is 1.19 bits per heavy atom. The first-order chi connectivity index (χ1) is 14.9. The summed E-state index contributed by atoms with van der Waals surface area (Å²) in [6.07, 6.45) is -0.752. The fourth-order valence-corrected chi connectivity index (χ4v) is 4.01. The maximum absolute atomic E-state index is 12.4. The van der Waals surface area contributed by atoms with Crippen molar-refractivity contribution in [3.8, 4) is 5.75 Å². The van der Waals surface area contributed by atoms with Crippen LogP contribution in [0.15, 0.2) is 42.5 Å². The van der Waals surface area contributed by atoms with Crippen LogP contribution in [-0.4, -0.2) is 49.1 Å². The molecule has 0 fully saturated rings. The topological polar surface area (TPSA) is 113 Å². The van der Waals surface area contributed by atoms with Crippen LogP contribution in [0.2, 0.25) is 5.02 Å². The van der Waals surface area contributed by atoms with Gasteiger partial charge in [-0.25, -0.2) is 9.52 Å². The second kappa shape index (κ2) is 8.87. The maximum Gasteiger partial charge on any atom is 0.516 e. The molecule has 2 amide bonds. The number of hydrogen-bond acceptors (Lipinski definition) is 5. The lowest BCUT2D eigenvalue weighted by Gasteiger charge is -2.36. The number of carbonyl (C=O) groups is 2. The van der Waals surface area contributed by atoms with E-state index < -0.39 is 40.2 Å². The molecule has 0 unspecified atom stereocenters. The van der Waals surface area contributed by atoms with Crippen molar-refractivity contribution in [2.45, 2.75) is 18.0 Å². The van der Waals surface area contributed by atoms with Gasteiger partial charge in [0.15, 0.2) is 6.61 Å². The molecule has 0 bridgehead atoms. The number of halogens is 4. The third-order valence-electron chi connectivity index (χ3n) is 4.71. The van der Waals surface area contributed by atoms with Gasteiger partial charge in [-0.05, 0) is 35.7 Å². The monoisotopic (exact) mass is 492 g/mol. The molecule has 32 heavy (non-hydrogen) atoms. The summed E-state index contributed by atoms with van der Waals surface area (Å²) in [6.45, 7) is -0.904. The SMILES string of the molecule is O=C(COc1ccc(Cl)cc1[C@@H]1c2ccccc2CCN1C(=O)O)NS(=O)(=O)C(F)(F)F. The second-order valence-corrected chi connectivity index (χ2v) is 8.88. The van der Waals surface area contributed by atoms with Crippen molar-refractivity contribution in [2.75, 3.05) is 13.2 Å². The quantitative estimate of drug-likeness (QED) is 0.662. The zero-order valence-corrected chi connectivity index (χ0v) is 17.7. The van der Waals surface area contributed by atoms with E-state index in [4.69, 9.17) is 16.3 Å². The number of carbonyl (C=O) groups excluding carboxylic acids is 1. The van der Waals surface area contributed by atoms with Gasteiger partial charge >= 0.3 is 21.6 Å². The Hall–Kier alpha value is -2.99. The average Bonchev–Trinajstić information content (AvgIpc) is 2.70. The van der Waals surface area contributed by atoms with E-state index >= 15 is 0 Å². The molecule has 8 nitrogen and oxygen atoms in total. The number of nitrogens with one attached hydrogen (secondary N) is 1. The summed E-state index contributed by atoms with van der Waals surface area (Å²) in [5.41, 5.74) is -3.88. The molecular weight excluding hydrogens is 477 g/mol. The van der Waals surface area contributed by atoms with Crippen LogP contribution in [0.4, 0.5) is 18.0 Å². The van der Waals surface area contributed by atoms with Crippen molar-refractivity contribution in [1.82, 2.24) is 9.62 Å². The lowest BCUT2D eigenvalue weighted by molar-refractivity contribution is -0.122. The first kappa shape index (κ1) is 23.7. The smallest absolute Gasteiger partial charge is 0.483 e. The van der Waals surface area contributed by atoms with Gasteiger partial charge in [0.2, 0.25) is 0 Å². The van der Waals surface area contributed by atoms with Gasteiger partial charge in [-0.15, -0.1) is 0 Å². The molecule has 3 rings (SSSR count). The van der Waals surface area contributed by atoms with E-state index in [2.05, 4.69) is 0 Å². The highest BCUT2D eigenvalue weighted by molar-refractivity contribution is 7.90. The molecule has 13 heteroatoms. The normalized spacial score (nSPS) is 16.2. The molecule has 0 aliphatic carbocycles. The van der Waals surface area contributed by atoms with Crippen LogP contribution >= 0.6 is 11.6 Å². The van der Waals surface area contributed by atoms with Crippen molar-refractivity contribution < 1.29 is 41.0 Å². The van der Waals surface area contributed by atoms with Gasteiger partial charge in [0.25, 0.3) is 5.91 Å². The molecule has 172 valence electrons. The van der Waals surface area contributed by atoms with Crippen LogP contribution in [0.5, 0.6) is 5.75 Å². The van der Waals surface area contributed by atoms with Crippen molar-refractivity contribution in [1.29, 1.82) is 0 Å². The minimum Gasteiger partial charge on any atom is -0.483 e. The van der Waals surface area contributed by atoms with Crippen LogP contribution in [0.3, 0.4) is 0 Å². The van der Waals surface area contributed by atoms with E-state index in [1.807, 2.05) is 6.07 Å². The summed E-state index contributed by atoms with van der Waals surface area (Å²) in [4.78, 5) is 24.8. The van der Waals surface area contributed by atoms with Crippen LogP contribution in [0, 0.1) is 0 Å². The van der Waals surface area contributed by atoms with Crippen molar-refractivity contribution in [3.63, 3.8) is 0 Å². The first-order valence-corrected chi connectivity index (χ1v) is 10.9. The van der Waals surface area contributed by atoms with Gasteiger partial charge in [0.1, 0.15) is 5.75 Å². The average molecular weight is 493 g/mol. The zero-order valence-electron chi connectivity index (χ0n) is 16.1. The van der Waals surface area contributed by atoms with E-state index in [-0.39, 0.29) is 22.9 Å². The van der Waals surface area contributed by atoms with E-state index in [9.17, 15) is 36.3 Å². The Kier molecular flexibility index (Phi) is 6.56. The summed E-state index contributed by atoms with van der Waals surface area (Å²) in [6, 6.07) is 10.3. The molecule has 1 aliphatic rings. The lowest BCUT2D eigenvalue weighted by atomic mass is 9.88. The highest BCUT2D eigenvalue weighted by Gasteiger charge is 2.47. The van der Waals surface area contributed by atoms with E-state index in [1.165, 1.54) is 18.2 Å². The molecular formula is C19H16ClF3N2O6S. The third kappa shape index (κ3) is 4.91. The zero-order chi connectivity index (χ0) is 23.7. The van der Waals surface area contributed by atoms with Gasteiger partial charge in [0.05, 0.1) is 6.04 Å². The highest BCUT2D eigenvalue weighted by Crippen LogP contribution is 2.40. The third-order valence-corrected chi connectivity index (χ3v) is 6.05. The van der Waals surface area contributed by atoms with Gasteiger partial charge in [-0.1, -0.05) is 35.9 Å². The molecule has 1 atom stereocenters. The van der Waals surface area contributed by atoms with E-state index in [1.54, 1.807) is 18.2 Å². The largest absolute Gasteiger partial charge is 0.516 e. The number of sulfonamides is 1. The Bertz CT molecular complexity index is 1160. The van der Waals surface area contributed by atoms with Crippen LogP contribution in [0.25, 0.3) is 0 Å². The van der Waals surface area contributed by atoms with Crippen molar-refractivity contribution in [3.05, 3.63) is 64.2 Å². The van der Waals surface area contributed by atoms with E-state index in [0.29, 0.717) is 12.0 Å². The number of carboxylic acid groups (broad SMARTS) is 1. The Morgan fingerprint density at radius 3 is 2.53 bits per heavy atom. The Labute approximate surface area is 185 Å². The molecule has 0 saturated carbocycles. The number of fused-ring (bicyclic) bond motifs is 1. The fraction of sp³-hybridized carbons (Fsp3) is 0.263. The summed E-state index contributed by atoms with van der Waals surface area (Å²) >= 11 is 6.09. The molecule has 1 heterocycles. The molecule has 2 N–H and O–H groups in total. The van der Waals surface area contributed by atoms with E-state index in [0.717, 1.165) is 15.2 Å². The fourth-order valence-electron chi connectivity index (χ4n) is 3.35. The summed E-state index contributed by atoms with van der Waals surface area (Å²) < 4.78 is 65.7. The molecule has 1 aliphatic heterocycles. The molecule has 0 aromatic heterocycles. The van der Waals surface area contributed by atoms with Crippen LogP contribution in [0.1, 0.15) is 22.7 Å². The molecule has 2 aromatic carbocycles. The summed E-state index contributed by atoms with van der Waals surface area (Å²) in [5.74, 6) is -1.59. The predicted molar refractivity (Wildman–Crippen MR) is 107 cm³/mol. The molecule has 0 saturated heterocycles. The highest BCUT2D eigenvalue weighted by atomic mass is 35.5. The Morgan fingerprint density at radius 2 is 1.88 bits per heavy atom. The number of ether oxygens (including phenoxy) is 1. The number of alkyl halides is 3. The second-order valence-electron chi connectivity index (χ2n) is 6.77. The Balaban J connectivity index is 1.93. The first-order valence-electron chi connectivity index (χ1n) is 9.02. The molecule has 0 spiro atoms. The van der Waals surface area contributed by atoms with Gasteiger partial charge in [-0.2, -0.15) is 21.6 Å². The van der Waals surface area contributed by atoms with Gasteiger partial charge < -0.3 is 9.84 Å². The standard InChI is InChI=1S/C19H16ClF3N2O6S/c20-12-5-6-15(31-10-16(26)24-32(29,30)19(21,22)23)14(9-12)17-13-4-2-1-3-11(13)7-8-25(17)18(27)28/h1-6,9,17H,7-8,10H2,(H,24,26)(H,27,28)/t17-/m0/s1. The number of benzene rings is 2. The number of rotatable bonds is 5. The minimum absolute atomic E-state index is 0.0399.